The molecule has 0 spiro atoms. The van der Waals surface area contributed by atoms with Crippen molar-refractivity contribution in [3.8, 4) is 0 Å². The number of halogens is 1. The van der Waals surface area contributed by atoms with Gasteiger partial charge in [-0.25, -0.2) is 4.39 Å². The Kier molecular flexibility index (Phi) is 6.52. The van der Waals surface area contributed by atoms with Gasteiger partial charge in [-0.15, -0.1) is 0 Å². The van der Waals surface area contributed by atoms with Gasteiger partial charge in [0.15, 0.2) is 0 Å². The minimum atomic E-state index is -0.402. The highest BCUT2D eigenvalue weighted by Gasteiger charge is 2.25. The third-order valence-corrected chi connectivity index (χ3v) is 5.63. The molecule has 0 unspecified atom stereocenters. The summed E-state index contributed by atoms with van der Waals surface area (Å²) in [5.41, 5.74) is 4.65. The second kappa shape index (κ2) is 9.66. The van der Waals surface area contributed by atoms with Crippen LogP contribution in [0.5, 0.6) is 0 Å². The number of aliphatic imine (C=N–C) groups is 1. The van der Waals surface area contributed by atoms with E-state index >= 15 is 0 Å². The van der Waals surface area contributed by atoms with E-state index in [1.54, 1.807) is 36.3 Å². The number of carbonyl (C=O) groups excluding carboxylic acids is 1. The zero-order chi connectivity index (χ0) is 22.5. The second-order valence-corrected chi connectivity index (χ2v) is 7.70. The van der Waals surface area contributed by atoms with Gasteiger partial charge in [-0.2, -0.15) is 0 Å². The highest BCUT2D eigenvalue weighted by Crippen LogP contribution is 2.24. The summed E-state index contributed by atoms with van der Waals surface area (Å²) in [4.78, 5) is 23.9. The number of aliphatic hydroxyl groups excluding tert-OH is 1. The first-order valence-corrected chi connectivity index (χ1v) is 10.4. The van der Waals surface area contributed by atoms with Crippen molar-refractivity contribution in [2.75, 3.05) is 20.2 Å². The highest BCUT2D eigenvalue weighted by molar-refractivity contribution is 6.19. The summed E-state index contributed by atoms with van der Waals surface area (Å²) in [5.74, 6) is -0.474. The number of aromatic nitrogens is 1. The molecule has 0 aliphatic carbocycles. The molecule has 0 fully saturated rings. The molecule has 32 heavy (non-hydrogen) atoms. The van der Waals surface area contributed by atoms with E-state index in [1.807, 2.05) is 42.5 Å². The van der Waals surface area contributed by atoms with Gasteiger partial charge < -0.3 is 10.0 Å². The lowest BCUT2D eigenvalue weighted by molar-refractivity contribution is 0.0659. The average Bonchev–Trinajstić information content (AvgIpc) is 3.33. The number of likely N-dealkylation sites (N-methyl/N-ethyl adjacent to an activating group) is 1. The van der Waals surface area contributed by atoms with Crippen molar-refractivity contribution in [2.24, 2.45) is 4.99 Å². The van der Waals surface area contributed by atoms with Crippen molar-refractivity contribution in [2.45, 2.75) is 12.5 Å². The molecule has 1 N–H and O–H groups in total. The van der Waals surface area contributed by atoms with Gasteiger partial charge in [0, 0.05) is 36.5 Å². The summed E-state index contributed by atoms with van der Waals surface area (Å²) in [6.45, 7) is 0.300. The van der Waals surface area contributed by atoms with Crippen molar-refractivity contribution in [3.05, 3.63) is 107 Å². The predicted molar refractivity (Wildman–Crippen MR) is 123 cm³/mol. The fraction of sp³-hybridized carbons (Fsp3) is 0.192. The number of hydrogen-bond acceptors (Lipinski definition) is 4. The van der Waals surface area contributed by atoms with Gasteiger partial charge in [0.1, 0.15) is 5.82 Å². The van der Waals surface area contributed by atoms with Crippen LogP contribution >= 0.6 is 0 Å². The summed E-state index contributed by atoms with van der Waals surface area (Å²) in [6, 6.07) is 18.8. The van der Waals surface area contributed by atoms with Crippen molar-refractivity contribution in [1.29, 1.82) is 0 Å². The maximum atomic E-state index is 13.4. The Morgan fingerprint density at radius 2 is 1.84 bits per heavy atom. The molecule has 5 nitrogen and oxygen atoms in total. The molecule has 4 rings (SSSR count). The lowest BCUT2D eigenvalue weighted by Gasteiger charge is -2.27. The van der Waals surface area contributed by atoms with Crippen LogP contribution < -0.4 is 0 Å². The van der Waals surface area contributed by atoms with Crippen LogP contribution in [0.4, 0.5) is 4.39 Å². The van der Waals surface area contributed by atoms with Crippen molar-refractivity contribution < 1.29 is 14.3 Å². The van der Waals surface area contributed by atoms with Gasteiger partial charge in [0.2, 0.25) is 0 Å². The summed E-state index contributed by atoms with van der Waals surface area (Å²) in [7, 11) is 1.69. The molecule has 1 atom stereocenters. The molecule has 2 heterocycles. The maximum Gasteiger partial charge on any atom is 0.254 e. The lowest BCUT2D eigenvalue weighted by atomic mass is 9.99. The van der Waals surface area contributed by atoms with E-state index < -0.39 is 6.04 Å². The Morgan fingerprint density at radius 1 is 1.09 bits per heavy atom. The zero-order valence-corrected chi connectivity index (χ0v) is 17.8. The largest absolute Gasteiger partial charge is 0.394 e. The number of benzene rings is 2. The molecule has 162 valence electrons. The van der Waals surface area contributed by atoms with Gasteiger partial charge in [-0.05, 0) is 47.5 Å². The Morgan fingerprint density at radius 3 is 2.56 bits per heavy atom. The molecule has 3 aromatic rings. The second-order valence-electron chi connectivity index (χ2n) is 7.70. The number of pyridine rings is 1. The van der Waals surface area contributed by atoms with E-state index in [-0.39, 0.29) is 18.3 Å². The standard InChI is InChI=1S/C26H24FN3O2/c1-30(22(17-31)15-21-6-4-5-13-28-21)26(32)24-8-3-2-7-23(24)25-14-19(16-29-25)18-9-11-20(27)12-10-18/h2-14,22,31H,15-17H2,1H3/t22-/m1/s1. The van der Waals surface area contributed by atoms with Crippen LogP contribution in [0.15, 0.2) is 84.0 Å². The molecule has 6 heteroatoms. The number of amides is 1. The van der Waals surface area contributed by atoms with Crippen LogP contribution in [-0.2, 0) is 6.42 Å². The first-order chi connectivity index (χ1) is 15.6. The summed E-state index contributed by atoms with van der Waals surface area (Å²) in [5, 5.41) is 9.93. The van der Waals surface area contributed by atoms with Crippen LogP contribution in [0, 0.1) is 5.82 Å². The van der Waals surface area contributed by atoms with Gasteiger partial charge in [0.05, 0.1) is 24.9 Å². The monoisotopic (exact) mass is 429 g/mol. The summed E-state index contributed by atoms with van der Waals surface area (Å²) < 4.78 is 13.3. The molecule has 0 radical (unpaired) electrons. The molecule has 1 aliphatic rings. The van der Waals surface area contributed by atoms with Crippen LogP contribution in [0.25, 0.3) is 5.57 Å². The van der Waals surface area contributed by atoms with Gasteiger partial charge in [-0.1, -0.05) is 36.4 Å². The van der Waals surface area contributed by atoms with E-state index in [4.69, 9.17) is 0 Å². The van der Waals surface area contributed by atoms with Gasteiger partial charge >= 0.3 is 0 Å². The predicted octanol–water partition coefficient (Wildman–Crippen LogP) is 3.78. The molecule has 0 saturated heterocycles. The smallest absolute Gasteiger partial charge is 0.254 e. The minimum absolute atomic E-state index is 0.170. The quantitative estimate of drug-likeness (QED) is 0.622. The number of rotatable bonds is 7. The van der Waals surface area contributed by atoms with E-state index in [0.29, 0.717) is 24.2 Å². The average molecular weight is 429 g/mol. The van der Waals surface area contributed by atoms with Crippen LogP contribution in [-0.4, -0.2) is 52.9 Å². The van der Waals surface area contributed by atoms with Crippen LogP contribution in [0.3, 0.4) is 0 Å². The fourth-order valence-electron chi connectivity index (χ4n) is 3.76. The Bertz CT molecular complexity index is 1160. The maximum absolute atomic E-state index is 13.4. The van der Waals surface area contributed by atoms with E-state index in [2.05, 4.69) is 9.98 Å². The molecule has 2 aromatic carbocycles. The van der Waals surface area contributed by atoms with Crippen molar-refractivity contribution >= 4 is 17.2 Å². The van der Waals surface area contributed by atoms with Gasteiger partial charge in [-0.3, -0.25) is 14.8 Å². The third kappa shape index (κ3) is 4.65. The minimum Gasteiger partial charge on any atom is -0.394 e. The first kappa shape index (κ1) is 21.6. The Balaban J connectivity index is 1.57. The van der Waals surface area contributed by atoms with E-state index in [9.17, 15) is 14.3 Å². The summed E-state index contributed by atoms with van der Waals surface area (Å²) in [6.07, 6.45) is 4.10. The first-order valence-electron chi connectivity index (χ1n) is 10.4. The Labute approximate surface area is 186 Å². The molecular weight excluding hydrogens is 405 g/mol. The number of nitrogens with zero attached hydrogens (tertiary/aromatic N) is 3. The van der Waals surface area contributed by atoms with Crippen LogP contribution in [0.1, 0.15) is 27.2 Å². The molecular formula is C26H24FN3O2. The van der Waals surface area contributed by atoms with Crippen molar-refractivity contribution in [3.63, 3.8) is 0 Å². The fourth-order valence-corrected chi connectivity index (χ4v) is 3.76. The number of aliphatic hydroxyl groups is 1. The Hall–Kier alpha value is -3.64. The molecule has 1 amide bonds. The molecule has 0 saturated carbocycles. The number of carbonyl (C=O) groups is 1. The topological polar surface area (TPSA) is 65.8 Å². The molecule has 1 aromatic heterocycles. The van der Waals surface area contributed by atoms with E-state index in [0.717, 1.165) is 22.4 Å². The van der Waals surface area contributed by atoms with Gasteiger partial charge in [0.25, 0.3) is 5.91 Å². The lowest BCUT2D eigenvalue weighted by Crippen LogP contribution is -2.41. The highest BCUT2D eigenvalue weighted by atomic mass is 19.1. The summed E-state index contributed by atoms with van der Waals surface area (Å²) >= 11 is 0. The zero-order valence-electron chi connectivity index (χ0n) is 17.8. The molecule has 0 bridgehead atoms. The van der Waals surface area contributed by atoms with Crippen molar-refractivity contribution in [1.82, 2.24) is 9.88 Å². The number of allylic oxidation sites excluding steroid dienone is 1. The van der Waals surface area contributed by atoms with Crippen LogP contribution in [0.2, 0.25) is 0 Å². The van der Waals surface area contributed by atoms with E-state index in [1.165, 1.54) is 12.1 Å². The molecule has 1 aliphatic heterocycles. The third-order valence-electron chi connectivity index (χ3n) is 5.63. The normalized spacial score (nSPS) is 14.0. The SMILES string of the molecule is CN(C(=O)c1ccccc1C1=NCC(c2ccc(F)cc2)=C1)[C@@H](CO)Cc1ccccn1. The number of hydrogen-bond donors (Lipinski definition) is 1.